The summed E-state index contributed by atoms with van der Waals surface area (Å²) in [7, 11) is 0. The van der Waals surface area contributed by atoms with Gasteiger partial charge >= 0.3 is 0 Å². The number of amidine groups is 1. The van der Waals surface area contributed by atoms with Crippen molar-refractivity contribution in [3.05, 3.63) is 29.3 Å². The molecule has 4 heteroatoms. The van der Waals surface area contributed by atoms with Crippen molar-refractivity contribution < 1.29 is 0 Å². The van der Waals surface area contributed by atoms with Crippen LogP contribution >= 0.6 is 23.4 Å². The van der Waals surface area contributed by atoms with Crippen LogP contribution in [0.1, 0.15) is 19.8 Å². The fraction of sp³-hybridized carbons (Fsp3) is 0.417. The van der Waals surface area contributed by atoms with Gasteiger partial charge in [0.05, 0.1) is 6.54 Å². The van der Waals surface area contributed by atoms with Crippen LogP contribution in [0.25, 0.3) is 0 Å². The molecule has 2 nitrogen and oxygen atoms in total. The fourth-order valence-corrected chi connectivity index (χ4v) is 2.89. The van der Waals surface area contributed by atoms with Crippen molar-refractivity contribution in [2.24, 2.45) is 4.99 Å². The van der Waals surface area contributed by atoms with Crippen molar-refractivity contribution in [1.82, 2.24) is 0 Å². The lowest BCUT2D eigenvalue weighted by Crippen LogP contribution is -2.07. The number of benzene rings is 1. The van der Waals surface area contributed by atoms with Gasteiger partial charge in [0.15, 0.2) is 5.17 Å². The van der Waals surface area contributed by atoms with Gasteiger partial charge < -0.3 is 5.32 Å². The summed E-state index contributed by atoms with van der Waals surface area (Å²) in [6, 6.07) is 7.71. The Bertz CT molecular complexity index is 375. The molecule has 0 saturated heterocycles. The maximum absolute atomic E-state index is 5.83. The van der Waals surface area contributed by atoms with Gasteiger partial charge in [0, 0.05) is 16.0 Å². The quantitative estimate of drug-likeness (QED) is 0.881. The first-order chi connectivity index (χ1) is 7.78. The normalized spacial score (nSPS) is 19.6. The number of nitrogens with zero attached hydrogens (tertiary/aromatic N) is 1. The highest BCUT2D eigenvalue weighted by molar-refractivity contribution is 8.15. The molecule has 1 N–H and O–H groups in total. The van der Waals surface area contributed by atoms with Crippen molar-refractivity contribution in [2.45, 2.75) is 25.0 Å². The monoisotopic (exact) mass is 254 g/mol. The Kier molecular flexibility index (Phi) is 4.13. The highest BCUT2D eigenvalue weighted by atomic mass is 35.5. The van der Waals surface area contributed by atoms with Gasteiger partial charge in [-0.05, 0) is 30.7 Å². The van der Waals surface area contributed by atoms with Crippen LogP contribution in [0, 0.1) is 0 Å². The van der Waals surface area contributed by atoms with Crippen LogP contribution in [0.4, 0.5) is 5.69 Å². The van der Waals surface area contributed by atoms with Gasteiger partial charge in [0.25, 0.3) is 0 Å². The van der Waals surface area contributed by atoms with E-state index in [0.29, 0.717) is 5.25 Å². The molecule has 0 bridgehead atoms. The molecular formula is C12H15ClN2S. The summed E-state index contributed by atoms with van der Waals surface area (Å²) in [6.07, 6.45) is 2.46. The number of rotatable bonds is 3. The SMILES string of the molecule is CCCC1CN=C(Nc2ccc(Cl)cc2)S1. The van der Waals surface area contributed by atoms with Crippen LogP contribution in [-0.2, 0) is 0 Å². The Morgan fingerprint density at radius 2 is 2.19 bits per heavy atom. The van der Waals surface area contributed by atoms with E-state index in [1.54, 1.807) is 0 Å². The molecule has 0 spiro atoms. The Balaban J connectivity index is 1.89. The zero-order valence-electron chi connectivity index (χ0n) is 9.24. The van der Waals surface area contributed by atoms with E-state index in [9.17, 15) is 0 Å². The molecule has 2 rings (SSSR count). The first kappa shape index (κ1) is 11.8. The van der Waals surface area contributed by atoms with Gasteiger partial charge in [0.2, 0.25) is 0 Å². The second-order valence-corrected chi connectivity index (χ2v) is 5.53. The molecule has 1 heterocycles. The molecule has 1 aromatic rings. The molecule has 0 aromatic heterocycles. The van der Waals surface area contributed by atoms with Gasteiger partial charge in [-0.2, -0.15) is 0 Å². The molecule has 1 unspecified atom stereocenters. The van der Waals surface area contributed by atoms with Gasteiger partial charge in [0.1, 0.15) is 0 Å². The molecule has 1 aromatic carbocycles. The van der Waals surface area contributed by atoms with Gasteiger partial charge in [-0.3, -0.25) is 4.99 Å². The van der Waals surface area contributed by atoms with Crippen LogP contribution in [0.15, 0.2) is 29.3 Å². The standard InChI is InChI=1S/C12H15ClN2S/c1-2-3-11-8-14-12(16-11)15-10-6-4-9(13)5-7-10/h4-7,11H,2-3,8H2,1H3,(H,14,15). The van der Waals surface area contributed by atoms with E-state index in [1.165, 1.54) is 12.8 Å². The van der Waals surface area contributed by atoms with Gasteiger partial charge in [-0.25, -0.2) is 0 Å². The van der Waals surface area contributed by atoms with E-state index in [4.69, 9.17) is 11.6 Å². The minimum absolute atomic E-state index is 0.653. The largest absolute Gasteiger partial charge is 0.335 e. The highest BCUT2D eigenvalue weighted by Gasteiger charge is 2.18. The first-order valence-electron chi connectivity index (χ1n) is 5.51. The van der Waals surface area contributed by atoms with Crippen LogP contribution < -0.4 is 5.32 Å². The van der Waals surface area contributed by atoms with Crippen LogP contribution in [-0.4, -0.2) is 17.0 Å². The number of hydrogen-bond acceptors (Lipinski definition) is 3. The van der Waals surface area contributed by atoms with Crippen LogP contribution in [0.3, 0.4) is 0 Å². The molecule has 0 saturated carbocycles. The van der Waals surface area contributed by atoms with Crippen molar-refractivity contribution in [3.63, 3.8) is 0 Å². The van der Waals surface area contributed by atoms with Crippen molar-refractivity contribution in [2.75, 3.05) is 11.9 Å². The van der Waals surface area contributed by atoms with Crippen LogP contribution in [0.2, 0.25) is 5.02 Å². The number of thioether (sulfide) groups is 1. The van der Waals surface area contributed by atoms with E-state index in [0.717, 1.165) is 22.4 Å². The Morgan fingerprint density at radius 1 is 1.44 bits per heavy atom. The molecule has 16 heavy (non-hydrogen) atoms. The summed E-state index contributed by atoms with van der Waals surface area (Å²) < 4.78 is 0. The maximum atomic E-state index is 5.83. The number of aliphatic imine (C=N–C) groups is 1. The minimum Gasteiger partial charge on any atom is -0.335 e. The van der Waals surface area contributed by atoms with Gasteiger partial charge in [-0.15, -0.1) is 0 Å². The predicted octanol–water partition coefficient (Wildman–Crippen LogP) is 4.02. The summed E-state index contributed by atoms with van der Waals surface area (Å²) in [5.74, 6) is 0. The average Bonchev–Trinajstić information content (AvgIpc) is 2.70. The molecule has 1 aliphatic heterocycles. The summed E-state index contributed by atoms with van der Waals surface area (Å²) in [5, 5.41) is 5.75. The fourth-order valence-electron chi connectivity index (χ4n) is 1.62. The van der Waals surface area contributed by atoms with Crippen molar-refractivity contribution >= 4 is 34.2 Å². The zero-order valence-corrected chi connectivity index (χ0v) is 10.8. The first-order valence-corrected chi connectivity index (χ1v) is 6.77. The average molecular weight is 255 g/mol. The van der Waals surface area contributed by atoms with E-state index >= 15 is 0 Å². The lowest BCUT2D eigenvalue weighted by Gasteiger charge is -2.07. The smallest absolute Gasteiger partial charge is 0.161 e. The Labute approximate surface area is 105 Å². The highest BCUT2D eigenvalue weighted by Crippen LogP contribution is 2.26. The second-order valence-electron chi connectivity index (χ2n) is 3.81. The zero-order chi connectivity index (χ0) is 11.4. The third-order valence-electron chi connectivity index (χ3n) is 2.42. The molecule has 0 aliphatic carbocycles. The molecule has 86 valence electrons. The molecule has 0 fully saturated rings. The lowest BCUT2D eigenvalue weighted by molar-refractivity contribution is 0.754. The molecule has 0 amide bonds. The van der Waals surface area contributed by atoms with Crippen molar-refractivity contribution in [1.29, 1.82) is 0 Å². The van der Waals surface area contributed by atoms with Gasteiger partial charge in [-0.1, -0.05) is 36.7 Å². The third-order valence-corrected chi connectivity index (χ3v) is 3.85. The molecule has 1 aliphatic rings. The van der Waals surface area contributed by atoms with E-state index in [1.807, 2.05) is 36.0 Å². The van der Waals surface area contributed by atoms with E-state index in [2.05, 4.69) is 17.2 Å². The second kappa shape index (κ2) is 5.60. The summed E-state index contributed by atoms with van der Waals surface area (Å²) >= 11 is 7.67. The molecular weight excluding hydrogens is 240 g/mol. The number of hydrogen-bond donors (Lipinski definition) is 1. The van der Waals surface area contributed by atoms with E-state index < -0.39 is 0 Å². The third kappa shape index (κ3) is 3.16. The summed E-state index contributed by atoms with van der Waals surface area (Å²) in [5.41, 5.74) is 1.05. The van der Waals surface area contributed by atoms with Crippen molar-refractivity contribution in [3.8, 4) is 0 Å². The maximum Gasteiger partial charge on any atom is 0.161 e. The number of nitrogens with one attached hydrogen (secondary N) is 1. The lowest BCUT2D eigenvalue weighted by atomic mass is 10.2. The molecule has 1 atom stereocenters. The Morgan fingerprint density at radius 3 is 2.88 bits per heavy atom. The predicted molar refractivity (Wildman–Crippen MR) is 73.7 cm³/mol. The Hall–Kier alpha value is -0.670. The molecule has 0 radical (unpaired) electrons. The minimum atomic E-state index is 0.653. The number of anilines is 1. The van der Waals surface area contributed by atoms with Crippen LogP contribution in [0.5, 0.6) is 0 Å². The number of halogens is 1. The topological polar surface area (TPSA) is 24.4 Å². The summed E-state index contributed by atoms with van der Waals surface area (Å²) in [4.78, 5) is 4.49. The summed E-state index contributed by atoms with van der Waals surface area (Å²) in [6.45, 7) is 3.15. The van der Waals surface area contributed by atoms with E-state index in [-0.39, 0.29) is 0 Å².